The van der Waals surface area contributed by atoms with Crippen molar-refractivity contribution in [1.29, 1.82) is 0 Å². The van der Waals surface area contributed by atoms with Gasteiger partial charge < -0.3 is 5.32 Å². The van der Waals surface area contributed by atoms with Crippen LogP contribution in [0.15, 0.2) is 23.6 Å². The molecule has 0 bridgehead atoms. The standard InChI is InChI=1S/C15H15ClN2OS/c16-8-13-9-20-15(18-13)7-14(19)17-12-5-4-10-2-1-3-11(10)6-12/h4-6,9H,1-3,7-8H2,(H,17,19). The molecular formula is C15H15ClN2OS. The minimum Gasteiger partial charge on any atom is -0.326 e. The topological polar surface area (TPSA) is 42.0 Å². The summed E-state index contributed by atoms with van der Waals surface area (Å²) in [6, 6.07) is 6.19. The van der Waals surface area contributed by atoms with E-state index in [9.17, 15) is 4.79 Å². The summed E-state index contributed by atoms with van der Waals surface area (Å²) in [5.74, 6) is 0.363. The molecule has 0 saturated carbocycles. The van der Waals surface area contributed by atoms with E-state index in [0.717, 1.165) is 29.2 Å². The van der Waals surface area contributed by atoms with Gasteiger partial charge in [-0.1, -0.05) is 6.07 Å². The largest absolute Gasteiger partial charge is 0.326 e. The van der Waals surface area contributed by atoms with Crippen LogP contribution in [0.25, 0.3) is 0 Å². The second-order valence-corrected chi connectivity index (χ2v) is 6.14. The highest BCUT2D eigenvalue weighted by molar-refractivity contribution is 7.09. The molecular weight excluding hydrogens is 292 g/mol. The fourth-order valence-corrected chi connectivity index (χ4v) is 3.50. The molecule has 20 heavy (non-hydrogen) atoms. The Morgan fingerprint density at radius 3 is 3.00 bits per heavy atom. The van der Waals surface area contributed by atoms with Crippen molar-refractivity contribution in [2.24, 2.45) is 0 Å². The van der Waals surface area contributed by atoms with E-state index in [1.54, 1.807) is 0 Å². The highest BCUT2D eigenvalue weighted by Crippen LogP contribution is 2.25. The van der Waals surface area contributed by atoms with Crippen molar-refractivity contribution in [3.63, 3.8) is 0 Å². The van der Waals surface area contributed by atoms with Crippen LogP contribution in [-0.2, 0) is 29.9 Å². The van der Waals surface area contributed by atoms with E-state index in [1.807, 2.05) is 11.4 Å². The van der Waals surface area contributed by atoms with Crippen LogP contribution in [0.5, 0.6) is 0 Å². The lowest BCUT2D eigenvalue weighted by Gasteiger charge is -2.06. The second-order valence-electron chi connectivity index (χ2n) is 4.93. The number of anilines is 1. The maximum atomic E-state index is 12.0. The van der Waals surface area contributed by atoms with E-state index in [2.05, 4.69) is 22.4 Å². The average molecular weight is 307 g/mol. The van der Waals surface area contributed by atoms with Gasteiger partial charge in [-0.25, -0.2) is 4.98 Å². The van der Waals surface area contributed by atoms with E-state index >= 15 is 0 Å². The first-order valence-corrected chi connectivity index (χ1v) is 8.07. The summed E-state index contributed by atoms with van der Waals surface area (Å²) in [4.78, 5) is 16.3. The first-order chi connectivity index (χ1) is 9.74. The smallest absolute Gasteiger partial charge is 0.231 e. The second kappa shape index (κ2) is 5.94. The molecule has 1 heterocycles. The maximum Gasteiger partial charge on any atom is 0.231 e. The lowest BCUT2D eigenvalue weighted by Crippen LogP contribution is -2.14. The molecule has 0 fully saturated rings. The third-order valence-electron chi connectivity index (χ3n) is 3.43. The van der Waals surface area contributed by atoms with Crippen molar-refractivity contribution in [2.75, 3.05) is 5.32 Å². The summed E-state index contributed by atoms with van der Waals surface area (Å²) in [6.45, 7) is 0. The Hall–Kier alpha value is -1.39. The number of halogens is 1. The Kier molecular flexibility index (Phi) is 4.03. The summed E-state index contributed by atoms with van der Waals surface area (Å²) in [5, 5.41) is 5.64. The van der Waals surface area contributed by atoms with Crippen LogP contribution in [0.3, 0.4) is 0 Å². The molecule has 0 radical (unpaired) electrons. The normalized spacial score (nSPS) is 13.2. The molecule has 0 atom stereocenters. The zero-order valence-corrected chi connectivity index (χ0v) is 12.6. The predicted molar refractivity (Wildman–Crippen MR) is 82.5 cm³/mol. The molecule has 0 unspecified atom stereocenters. The first kappa shape index (κ1) is 13.6. The van der Waals surface area contributed by atoms with Crippen molar-refractivity contribution < 1.29 is 4.79 Å². The van der Waals surface area contributed by atoms with Crippen LogP contribution < -0.4 is 5.32 Å². The highest BCUT2D eigenvalue weighted by atomic mass is 35.5. The summed E-state index contributed by atoms with van der Waals surface area (Å²) < 4.78 is 0. The minimum atomic E-state index is -0.0292. The number of carbonyl (C=O) groups is 1. The molecule has 1 aliphatic carbocycles. The molecule has 5 heteroatoms. The molecule has 1 aliphatic rings. The number of thiazole rings is 1. The van der Waals surface area contributed by atoms with Gasteiger partial charge >= 0.3 is 0 Å². The van der Waals surface area contributed by atoms with Crippen molar-refractivity contribution >= 4 is 34.5 Å². The van der Waals surface area contributed by atoms with Gasteiger partial charge in [0, 0.05) is 11.1 Å². The van der Waals surface area contributed by atoms with Gasteiger partial charge in [0.15, 0.2) is 0 Å². The van der Waals surface area contributed by atoms with E-state index in [0.29, 0.717) is 12.3 Å². The van der Waals surface area contributed by atoms with Gasteiger partial charge in [-0.15, -0.1) is 22.9 Å². The Bertz CT molecular complexity index is 639. The zero-order chi connectivity index (χ0) is 13.9. The molecule has 3 nitrogen and oxygen atoms in total. The number of carbonyl (C=O) groups excluding carboxylic acids is 1. The SMILES string of the molecule is O=C(Cc1nc(CCl)cs1)Nc1ccc2c(c1)CCC2. The Balaban J connectivity index is 1.64. The fourth-order valence-electron chi connectivity index (χ4n) is 2.48. The molecule has 1 aromatic heterocycles. The lowest BCUT2D eigenvalue weighted by atomic mass is 10.1. The molecule has 0 aliphatic heterocycles. The number of alkyl halides is 1. The van der Waals surface area contributed by atoms with Gasteiger partial charge in [0.25, 0.3) is 0 Å². The number of aromatic nitrogens is 1. The average Bonchev–Trinajstić information content (AvgIpc) is 3.06. The van der Waals surface area contributed by atoms with Gasteiger partial charge in [-0.05, 0) is 42.5 Å². The third kappa shape index (κ3) is 3.02. The molecule has 2 aromatic rings. The van der Waals surface area contributed by atoms with E-state index in [-0.39, 0.29) is 5.91 Å². The number of rotatable bonds is 4. The number of aryl methyl sites for hydroxylation is 2. The number of amides is 1. The van der Waals surface area contributed by atoms with Crippen molar-refractivity contribution in [3.8, 4) is 0 Å². The van der Waals surface area contributed by atoms with Gasteiger partial charge in [-0.3, -0.25) is 4.79 Å². The quantitative estimate of drug-likeness (QED) is 0.878. The summed E-state index contributed by atoms with van der Waals surface area (Å²) in [5.41, 5.74) is 4.48. The monoisotopic (exact) mass is 306 g/mol. The van der Waals surface area contributed by atoms with Crippen LogP contribution in [0.2, 0.25) is 0 Å². The van der Waals surface area contributed by atoms with Crippen LogP contribution in [-0.4, -0.2) is 10.9 Å². The molecule has 104 valence electrons. The van der Waals surface area contributed by atoms with Gasteiger partial charge in [0.1, 0.15) is 5.01 Å². The van der Waals surface area contributed by atoms with Crippen molar-refractivity contribution in [3.05, 3.63) is 45.4 Å². The van der Waals surface area contributed by atoms with Crippen molar-refractivity contribution in [1.82, 2.24) is 4.98 Å². The number of hydrogen-bond acceptors (Lipinski definition) is 3. The predicted octanol–water partition coefficient (Wildman–Crippen LogP) is 3.55. The molecule has 3 rings (SSSR count). The van der Waals surface area contributed by atoms with Crippen LogP contribution >= 0.6 is 22.9 Å². The van der Waals surface area contributed by atoms with Gasteiger partial charge in [-0.2, -0.15) is 0 Å². The lowest BCUT2D eigenvalue weighted by molar-refractivity contribution is -0.115. The summed E-state index contributed by atoms with van der Waals surface area (Å²) >= 11 is 7.18. The number of hydrogen-bond donors (Lipinski definition) is 1. The number of fused-ring (bicyclic) bond motifs is 1. The van der Waals surface area contributed by atoms with Gasteiger partial charge in [0.2, 0.25) is 5.91 Å². The first-order valence-electron chi connectivity index (χ1n) is 6.65. The number of nitrogens with zero attached hydrogens (tertiary/aromatic N) is 1. The van der Waals surface area contributed by atoms with Crippen LogP contribution in [0.1, 0.15) is 28.2 Å². The molecule has 0 spiro atoms. The maximum absolute atomic E-state index is 12.0. The zero-order valence-electron chi connectivity index (χ0n) is 11.0. The summed E-state index contributed by atoms with van der Waals surface area (Å²) in [6.07, 6.45) is 3.79. The van der Waals surface area contributed by atoms with Crippen LogP contribution in [0, 0.1) is 0 Å². The molecule has 1 aromatic carbocycles. The van der Waals surface area contributed by atoms with Crippen LogP contribution in [0.4, 0.5) is 5.69 Å². The van der Waals surface area contributed by atoms with Crippen molar-refractivity contribution in [2.45, 2.75) is 31.6 Å². The van der Waals surface area contributed by atoms with E-state index in [4.69, 9.17) is 11.6 Å². The molecule has 1 N–H and O–H groups in total. The highest BCUT2D eigenvalue weighted by Gasteiger charge is 2.12. The van der Waals surface area contributed by atoms with Gasteiger partial charge in [0.05, 0.1) is 18.0 Å². The fraction of sp³-hybridized carbons (Fsp3) is 0.333. The Morgan fingerprint density at radius 1 is 1.35 bits per heavy atom. The van der Waals surface area contributed by atoms with E-state index in [1.165, 1.54) is 28.9 Å². The minimum absolute atomic E-state index is 0.0292. The number of benzene rings is 1. The third-order valence-corrected chi connectivity index (χ3v) is 4.60. The molecule has 1 amide bonds. The number of nitrogens with one attached hydrogen (secondary N) is 1. The Morgan fingerprint density at radius 2 is 2.20 bits per heavy atom. The summed E-state index contributed by atoms with van der Waals surface area (Å²) in [7, 11) is 0. The Labute approximate surface area is 127 Å². The molecule has 0 saturated heterocycles. The van der Waals surface area contributed by atoms with E-state index < -0.39 is 0 Å².